The van der Waals surface area contributed by atoms with Gasteiger partial charge in [-0.1, -0.05) is 5.16 Å². The number of rotatable bonds is 3. The third kappa shape index (κ3) is 1.74. The third-order valence-corrected chi connectivity index (χ3v) is 2.98. The molecule has 84 valence electrons. The molecule has 5 nitrogen and oxygen atoms in total. The highest BCUT2D eigenvalue weighted by molar-refractivity contribution is 5.09. The lowest BCUT2D eigenvalue weighted by Crippen LogP contribution is -2.17. The summed E-state index contributed by atoms with van der Waals surface area (Å²) < 4.78 is 7.22. The maximum atomic E-state index is 5.11. The maximum absolute atomic E-state index is 5.11. The minimum Gasteiger partial charge on any atom is -0.359 e. The zero-order valence-corrected chi connectivity index (χ0v) is 8.97. The van der Waals surface area contributed by atoms with E-state index in [4.69, 9.17) is 4.52 Å². The lowest BCUT2D eigenvalue weighted by Gasteiger charge is -2.12. The lowest BCUT2D eigenvalue weighted by molar-refractivity contribution is 0.373. The monoisotopic (exact) mass is 218 g/mol. The third-order valence-electron chi connectivity index (χ3n) is 2.98. The lowest BCUT2D eigenvalue weighted by atomic mass is 10.2. The number of aromatic nitrogens is 3. The Morgan fingerprint density at radius 3 is 3.31 bits per heavy atom. The molecule has 0 saturated carbocycles. The first-order chi connectivity index (χ1) is 7.93. The maximum Gasteiger partial charge on any atom is 0.156 e. The average Bonchev–Trinajstić information content (AvgIpc) is 2.98. The summed E-state index contributed by atoms with van der Waals surface area (Å²) in [5.74, 6) is 0.859. The van der Waals surface area contributed by atoms with E-state index < -0.39 is 0 Å². The van der Waals surface area contributed by atoms with Gasteiger partial charge in [0.1, 0.15) is 0 Å². The van der Waals surface area contributed by atoms with Crippen molar-refractivity contribution < 1.29 is 4.52 Å². The van der Waals surface area contributed by atoms with Crippen LogP contribution in [-0.4, -0.2) is 21.3 Å². The van der Waals surface area contributed by atoms with Gasteiger partial charge < -0.3 is 14.4 Å². The van der Waals surface area contributed by atoms with Crippen LogP contribution < -0.4 is 5.32 Å². The standard InChI is InChI=1S/C11H14N4O/c1-2-10(13-4-1)11-6-12-8-15(11)7-9-3-5-14-16-9/h3,5-6,8,10,13H,1-2,4,7H2/t10-/m0/s1. The average molecular weight is 218 g/mol. The fraction of sp³-hybridized carbons (Fsp3) is 0.455. The van der Waals surface area contributed by atoms with Gasteiger partial charge >= 0.3 is 0 Å². The summed E-state index contributed by atoms with van der Waals surface area (Å²) >= 11 is 0. The van der Waals surface area contributed by atoms with Crippen LogP contribution in [0.3, 0.4) is 0 Å². The zero-order chi connectivity index (χ0) is 10.8. The van der Waals surface area contributed by atoms with Gasteiger partial charge in [-0.15, -0.1) is 0 Å². The zero-order valence-electron chi connectivity index (χ0n) is 8.97. The molecule has 16 heavy (non-hydrogen) atoms. The van der Waals surface area contributed by atoms with Crippen molar-refractivity contribution in [3.63, 3.8) is 0 Å². The van der Waals surface area contributed by atoms with E-state index >= 15 is 0 Å². The smallest absolute Gasteiger partial charge is 0.156 e. The molecule has 1 saturated heterocycles. The molecule has 2 aromatic rings. The van der Waals surface area contributed by atoms with Gasteiger partial charge in [0.25, 0.3) is 0 Å². The van der Waals surface area contributed by atoms with Crippen LogP contribution in [0.1, 0.15) is 30.3 Å². The van der Waals surface area contributed by atoms with Crippen molar-refractivity contribution in [2.75, 3.05) is 6.54 Å². The molecule has 5 heteroatoms. The molecular weight excluding hydrogens is 204 g/mol. The Kier molecular flexibility index (Phi) is 2.46. The van der Waals surface area contributed by atoms with Gasteiger partial charge in [-0.2, -0.15) is 0 Å². The van der Waals surface area contributed by atoms with Crippen LogP contribution in [0, 0.1) is 0 Å². The molecule has 0 amide bonds. The fourth-order valence-corrected chi connectivity index (χ4v) is 2.18. The molecule has 1 aliphatic rings. The first kappa shape index (κ1) is 9.59. The summed E-state index contributed by atoms with van der Waals surface area (Å²) in [6, 6.07) is 2.32. The Labute approximate surface area is 93.5 Å². The first-order valence-electron chi connectivity index (χ1n) is 5.56. The Balaban J connectivity index is 1.82. The van der Waals surface area contributed by atoms with Gasteiger partial charge in [-0.25, -0.2) is 4.98 Å². The molecule has 0 aliphatic carbocycles. The molecule has 1 fully saturated rings. The number of hydrogen-bond acceptors (Lipinski definition) is 4. The van der Waals surface area contributed by atoms with Crippen LogP contribution in [0.4, 0.5) is 0 Å². The van der Waals surface area contributed by atoms with Crippen molar-refractivity contribution in [2.45, 2.75) is 25.4 Å². The Morgan fingerprint density at radius 1 is 1.56 bits per heavy atom. The number of nitrogens with zero attached hydrogens (tertiary/aromatic N) is 3. The van der Waals surface area contributed by atoms with Crippen LogP contribution >= 0.6 is 0 Å². The van der Waals surface area contributed by atoms with E-state index in [2.05, 4.69) is 20.0 Å². The summed E-state index contributed by atoms with van der Waals surface area (Å²) in [7, 11) is 0. The van der Waals surface area contributed by atoms with Gasteiger partial charge in [0.15, 0.2) is 5.76 Å². The van der Waals surface area contributed by atoms with E-state index in [9.17, 15) is 0 Å². The minimum absolute atomic E-state index is 0.436. The predicted molar refractivity (Wildman–Crippen MR) is 57.8 cm³/mol. The van der Waals surface area contributed by atoms with Crippen LogP contribution in [0.25, 0.3) is 0 Å². The van der Waals surface area contributed by atoms with Crippen molar-refractivity contribution in [3.05, 3.63) is 36.2 Å². The van der Waals surface area contributed by atoms with Crippen molar-refractivity contribution in [2.24, 2.45) is 0 Å². The molecule has 0 spiro atoms. The summed E-state index contributed by atoms with van der Waals surface area (Å²) in [6.45, 7) is 1.80. The molecule has 0 unspecified atom stereocenters. The second-order valence-electron chi connectivity index (χ2n) is 4.07. The number of hydrogen-bond donors (Lipinski definition) is 1. The summed E-state index contributed by atoms with van der Waals surface area (Å²) in [4.78, 5) is 4.21. The Morgan fingerprint density at radius 2 is 2.56 bits per heavy atom. The van der Waals surface area contributed by atoms with Gasteiger partial charge in [0.05, 0.1) is 24.8 Å². The van der Waals surface area contributed by atoms with Gasteiger partial charge in [-0.05, 0) is 19.4 Å². The van der Waals surface area contributed by atoms with Crippen LogP contribution in [-0.2, 0) is 6.54 Å². The Bertz CT molecular complexity index is 442. The summed E-state index contributed by atoms with van der Waals surface area (Å²) in [6.07, 6.45) is 7.86. The topological polar surface area (TPSA) is 55.9 Å². The molecule has 0 aromatic carbocycles. The molecule has 1 aliphatic heterocycles. The highest BCUT2D eigenvalue weighted by atomic mass is 16.5. The van der Waals surface area contributed by atoms with Gasteiger partial charge in [0, 0.05) is 18.3 Å². The molecule has 3 rings (SSSR count). The molecular formula is C11H14N4O. The van der Waals surface area contributed by atoms with Crippen molar-refractivity contribution in [3.8, 4) is 0 Å². The van der Waals surface area contributed by atoms with Gasteiger partial charge in [-0.3, -0.25) is 0 Å². The molecule has 0 radical (unpaired) electrons. The van der Waals surface area contributed by atoms with E-state index in [1.54, 1.807) is 6.20 Å². The van der Waals surface area contributed by atoms with Crippen molar-refractivity contribution >= 4 is 0 Å². The molecule has 1 atom stereocenters. The second-order valence-corrected chi connectivity index (χ2v) is 4.07. The van der Waals surface area contributed by atoms with Crippen LogP contribution in [0.15, 0.2) is 29.3 Å². The number of imidazole rings is 1. The normalized spacial score (nSPS) is 20.4. The molecule has 1 N–H and O–H groups in total. The fourth-order valence-electron chi connectivity index (χ4n) is 2.18. The summed E-state index contributed by atoms with van der Waals surface area (Å²) in [5.41, 5.74) is 1.23. The van der Waals surface area contributed by atoms with Crippen molar-refractivity contribution in [1.82, 2.24) is 20.0 Å². The van der Waals surface area contributed by atoms with Crippen LogP contribution in [0.5, 0.6) is 0 Å². The molecule has 2 aromatic heterocycles. The van der Waals surface area contributed by atoms with E-state index in [0.717, 1.165) is 12.3 Å². The van der Waals surface area contributed by atoms with E-state index in [-0.39, 0.29) is 0 Å². The van der Waals surface area contributed by atoms with Gasteiger partial charge in [0.2, 0.25) is 0 Å². The predicted octanol–water partition coefficient (Wildman–Crippen LogP) is 1.34. The first-order valence-corrected chi connectivity index (χ1v) is 5.56. The van der Waals surface area contributed by atoms with E-state index in [1.165, 1.54) is 18.5 Å². The largest absolute Gasteiger partial charge is 0.359 e. The highest BCUT2D eigenvalue weighted by Crippen LogP contribution is 2.23. The quantitative estimate of drug-likeness (QED) is 0.844. The van der Waals surface area contributed by atoms with Crippen molar-refractivity contribution in [1.29, 1.82) is 0 Å². The van der Waals surface area contributed by atoms with E-state index in [1.807, 2.05) is 18.6 Å². The molecule has 0 bridgehead atoms. The molecule has 3 heterocycles. The highest BCUT2D eigenvalue weighted by Gasteiger charge is 2.19. The minimum atomic E-state index is 0.436. The number of nitrogens with one attached hydrogen (secondary N) is 1. The Hall–Kier alpha value is -1.62. The summed E-state index contributed by atoms with van der Waals surface area (Å²) in [5, 5.41) is 7.18. The second kappa shape index (κ2) is 4.09. The van der Waals surface area contributed by atoms with E-state index in [0.29, 0.717) is 12.6 Å². The van der Waals surface area contributed by atoms with Crippen LogP contribution in [0.2, 0.25) is 0 Å². The SMILES string of the molecule is c1cc(Cn2cncc2[C@@H]2CCCN2)on1.